The Hall–Kier alpha value is -0.930. The molecule has 7 nitrogen and oxygen atoms in total. The van der Waals surface area contributed by atoms with Crippen LogP contribution in [0.15, 0.2) is 22.0 Å². The van der Waals surface area contributed by atoms with Gasteiger partial charge in [0.25, 0.3) is 15.6 Å². The summed E-state index contributed by atoms with van der Waals surface area (Å²) in [7, 11) is -2.40. The Morgan fingerprint density at radius 2 is 2.18 bits per heavy atom. The summed E-state index contributed by atoms with van der Waals surface area (Å²) in [4.78, 5) is 19.5. The Bertz CT molecular complexity index is 527. The van der Waals surface area contributed by atoms with Crippen molar-refractivity contribution in [3.8, 4) is 0 Å². The van der Waals surface area contributed by atoms with Crippen LogP contribution in [0.3, 0.4) is 0 Å². The number of ether oxygens (including phenoxy) is 1. The van der Waals surface area contributed by atoms with Crippen LogP contribution in [0.4, 0.5) is 0 Å². The van der Waals surface area contributed by atoms with Crippen molar-refractivity contribution in [1.29, 1.82) is 0 Å². The van der Waals surface area contributed by atoms with Gasteiger partial charge in [-0.1, -0.05) is 16.5 Å². The summed E-state index contributed by atoms with van der Waals surface area (Å²) in [5.74, 6) is 0. The minimum Gasteiger partial charge on any atom is -0.382 e. The molecule has 0 aromatic carbocycles. The average molecular weight is 283 g/mol. The van der Waals surface area contributed by atoms with E-state index < -0.39 is 15.6 Å². The van der Waals surface area contributed by atoms with E-state index in [1.165, 1.54) is 7.11 Å². The number of aromatic nitrogens is 1. The lowest BCUT2D eigenvalue weighted by Crippen LogP contribution is -2.26. The van der Waals surface area contributed by atoms with Crippen LogP contribution < -0.4 is 10.4 Å². The molecule has 0 aliphatic rings. The first kappa shape index (κ1) is 14.1. The molecule has 1 aromatic rings. The number of rotatable bonds is 6. The number of hydrogen-bond acceptors (Lipinski definition) is 5. The van der Waals surface area contributed by atoms with Gasteiger partial charge in [0, 0.05) is 13.3 Å². The summed E-state index contributed by atoms with van der Waals surface area (Å²) >= 11 is 5.51. The number of H-pyrrole nitrogens is 1. The summed E-state index contributed by atoms with van der Waals surface area (Å²) in [5, 5.41) is -0.218. The fraction of sp³-hybridized carbons (Fsp3) is 0.375. The largest absolute Gasteiger partial charge is 0.382 e. The van der Waals surface area contributed by atoms with Gasteiger partial charge < -0.3 is 9.72 Å². The fourth-order valence-electron chi connectivity index (χ4n) is 0.885. The molecule has 1 aromatic heterocycles. The van der Waals surface area contributed by atoms with Crippen molar-refractivity contribution in [3.05, 3.63) is 27.6 Å². The Morgan fingerprint density at radius 1 is 1.47 bits per heavy atom. The SMILES string of the molecule is COCCONS(=O)(=O)c1c[nH]c(=O)c(Cl)c1. The fourth-order valence-corrected chi connectivity index (χ4v) is 1.94. The van der Waals surface area contributed by atoms with Crippen LogP contribution in [0.1, 0.15) is 0 Å². The minimum absolute atomic E-state index is 0.0623. The lowest BCUT2D eigenvalue weighted by Gasteiger charge is -2.06. The Kier molecular flexibility index (Phi) is 5.09. The highest BCUT2D eigenvalue weighted by molar-refractivity contribution is 7.89. The molecule has 1 rings (SSSR count). The number of sulfonamides is 1. The molecule has 0 saturated carbocycles. The van der Waals surface area contributed by atoms with E-state index in [9.17, 15) is 13.2 Å². The standard InChI is InChI=1S/C8H11ClN2O5S/c1-15-2-3-16-11-17(13,14)6-4-7(9)8(12)10-5-6/h4-5,11H,2-3H2,1H3,(H,10,12). The topological polar surface area (TPSA) is 97.5 Å². The molecule has 0 fully saturated rings. The third-order valence-electron chi connectivity index (χ3n) is 1.70. The molecule has 0 atom stereocenters. The first-order valence-electron chi connectivity index (χ1n) is 4.48. The highest BCUT2D eigenvalue weighted by atomic mass is 35.5. The van der Waals surface area contributed by atoms with E-state index in [4.69, 9.17) is 11.6 Å². The van der Waals surface area contributed by atoms with Gasteiger partial charge in [-0.2, -0.15) is 0 Å². The van der Waals surface area contributed by atoms with Crippen LogP contribution in [0.2, 0.25) is 5.02 Å². The van der Waals surface area contributed by atoms with Gasteiger partial charge in [0.05, 0.1) is 13.2 Å². The van der Waals surface area contributed by atoms with Crippen LogP contribution in [-0.2, 0) is 19.6 Å². The number of halogens is 1. The maximum absolute atomic E-state index is 11.6. The summed E-state index contributed by atoms with van der Waals surface area (Å²) in [6, 6.07) is 1.03. The molecule has 0 saturated heterocycles. The van der Waals surface area contributed by atoms with Crippen molar-refractivity contribution in [1.82, 2.24) is 9.87 Å². The van der Waals surface area contributed by atoms with E-state index >= 15 is 0 Å². The summed E-state index contributed by atoms with van der Waals surface area (Å²) < 4.78 is 27.9. The van der Waals surface area contributed by atoms with E-state index in [0.717, 1.165) is 12.3 Å². The molecule has 0 bridgehead atoms. The minimum atomic E-state index is -3.86. The van der Waals surface area contributed by atoms with Crippen LogP contribution in [0.5, 0.6) is 0 Å². The molecule has 96 valence electrons. The van der Waals surface area contributed by atoms with E-state index in [0.29, 0.717) is 0 Å². The van der Waals surface area contributed by atoms with Gasteiger partial charge >= 0.3 is 0 Å². The maximum atomic E-state index is 11.6. The number of hydrogen-bond donors (Lipinski definition) is 2. The van der Waals surface area contributed by atoms with Crippen molar-refractivity contribution < 1.29 is 18.0 Å². The smallest absolute Gasteiger partial charge is 0.266 e. The van der Waals surface area contributed by atoms with Crippen LogP contribution >= 0.6 is 11.6 Å². The molecule has 0 radical (unpaired) electrons. The number of methoxy groups -OCH3 is 1. The quantitative estimate of drug-likeness (QED) is 0.560. The summed E-state index contributed by atoms with van der Waals surface area (Å²) in [6.07, 6.45) is 1.02. The Balaban J connectivity index is 2.76. The lowest BCUT2D eigenvalue weighted by atomic mass is 10.5. The normalized spacial score (nSPS) is 11.6. The van der Waals surface area contributed by atoms with Gasteiger partial charge in [-0.15, -0.1) is 0 Å². The molecule has 0 aliphatic heterocycles. The molecular weight excluding hydrogens is 272 g/mol. The third-order valence-corrected chi connectivity index (χ3v) is 3.17. The van der Waals surface area contributed by atoms with Gasteiger partial charge in [0.15, 0.2) is 0 Å². The zero-order chi connectivity index (χ0) is 12.9. The lowest BCUT2D eigenvalue weighted by molar-refractivity contribution is 0.0438. The number of nitrogens with one attached hydrogen (secondary N) is 2. The number of aromatic amines is 1. The maximum Gasteiger partial charge on any atom is 0.266 e. The molecule has 0 amide bonds. The second-order valence-electron chi connectivity index (χ2n) is 2.94. The van der Waals surface area contributed by atoms with Crippen LogP contribution in [0.25, 0.3) is 0 Å². The van der Waals surface area contributed by atoms with E-state index in [1.807, 2.05) is 4.89 Å². The second-order valence-corrected chi connectivity index (χ2v) is 4.99. The van der Waals surface area contributed by atoms with E-state index in [2.05, 4.69) is 14.6 Å². The summed E-state index contributed by atoms with van der Waals surface area (Å²) in [5.41, 5.74) is -0.564. The molecule has 0 aliphatic carbocycles. The molecule has 2 N–H and O–H groups in total. The second kappa shape index (κ2) is 6.12. The molecular formula is C8H11ClN2O5S. The van der Waals surface area contributed by atoms with E-state index in [-0.39, 0.29) is 23.1 Å². The highest BCUT2D eigenvalue weighted by Crippen LogP contribution is 2.09. The zero-order valence-electron chi connectivity index (χ0n) is 8.90. The van der Waals surface area contributed by atoms with Crippen molar-refractivity contribution in [2.24, 2.45) is 0 Å². The Labute approximate surface area is 103 Å². The Morgan fingerprint density at radius 3 is 2.76 bits per heavy atom. The summed E-state index contributed by atoms with van der Waals surface area (Å²) in [6.45, 7) is 0.307. The van der Waals surface area contributed by atoms with Gasteiger partial charge in [0.1, 0.15) is 9.92 Å². The van der Waals surface area contributed by atoms with Crippen molar-refractivity contribution in [2.75, 3.05) is 20.3 Å². The van der Waals surface area contributed by atoms with Crippen molar-refractivity contribution >= 4 is 21.6 Å². The van der Waals surface area contributed by atoms with Gasteiger partial charge in [-0.25, -0.2) is 8.42 Å². The predicted octanol–water partition coefficient (Wildman–Crippen LogP) is -0.115. The molecule has 17 heavy (non-hydrogen) atoms. The van der Waals surface area contributed by atoms with Crippen molar-refractivity contribution in [2.45, 2.75) is 4.90 Å². The first-order chi connectivity index (χ1) is 7.97. The van der Waals surface area contributed by atoms with Gasteiger partial charge in [-0.05, 0) is 6.07 Å². The van der Waals surface area contributed by atoms with Gasteiger partial charge in [-0.3, -0.25) is 9.63 Å². The van der Waals surface area contributed by atoms with Crippen LogP contribution in [0, 0.1) is 0 Å². The number of pyridine rings is 1. The monoisotopic (exact) mass is 282 g/mol. The third kappa shape index (κ3) is 4.10. The van der Waals surface area contributed by atoms with Crippen molar-refractivity contribution in [3.63, 3.8) is 0 Å². The molecule has 0 spiro atoms. The van der Waals surface area contributed by atoms with E-state index in [1.54, 1.807) is 0 Å². The predicted molar refractivity (Wildman–Crippen MR) is 60.2 cm³/mol. The average Bonchev–Trinajstić information content (AvgIpc) is 2.28. The molecule has 9 heteroatoms. The first-order valence-corrected chi connectivity index (χ1v) is 6.34. The molecule has 0 unspecified atom stereocenters. The highest BCUT2D eigenvalue weighted by Gasteiger charge is 2.15. The molecule has 1 heterocycles. The van der Waals surface area contributed by atoms with Gasteiger partial charge in [0.2, 0.25) is 0 Å². The van der Waals surface area contributed by atoms with Crippen LogP contribution in [-0.4, -0.2) is 33.7 Å². The zero-order valence-corrected chi connectivity index (χ0v) is 10.5.